The fraction of sp³-hybridized carbons (Fsp3) is 0.250. The van der Waals surface area contributed by atoms with E-state index >= 15 is 0 Å². The molecule has 108 valence electrons. The monoisotopic (exact) mass is 404 g/mol. The quantitative estimate of drug-likeness (QED) is 0.229. The average Bonchev–Trinajstić information content (AvgIpc) is 2.53. The van der Waals surface area contributed by atoms with Gasteiger partial charge in [0.1, 0.15) is 0 Å². The van der Waals surface area contributed by atoms with E-state index in [-0.39, 0.29) is 21.1 Å². The minimum absolute atomic E-state index is 0. The van der Waals surface area contributed by atoms with Gasteiger partial charge in [0, 0.05) is 21.1 Å². The third-order valence-electron chi connectivity index (χ3n) is 0.500. The van der Waals surface area contributed by atoms with Crippen LogP contribution < -0.4 is 0 Å². The summed E-state index contributed by atoms with van der Waals surface area (Å²) in [6.07, 6.45) is 8.51. The van der Waals surface area contributed by atoms with Crippen LogP contribution in [0.15, 0.2) is 38.0 Å². The second-order valence-electron chi connectivity index (χ2n) is 1.57. The minimum atomic E-state index is 0. The SMILES string of the molecule is C=CCP.C=CCP.C=CCP.[C-]#[O+].[C-]#[O+].[C-]#[O+].[Mo]. The molecule has 0 spiro atoms. The van der Waals surface area contributed by atoms with E-state index in [1.54, 1.807) is 0 Å². The fourth-order valence-electron chi connectivity index (χ4n) is 0. The summed E-state index contributed by atoms with van der Waals surface area (Å²) in [4.78, 5) is 0. The van der Waals surface area contributed by atoms with Crippen LogP contribution in [0, 0.1) is 20.0 Å². The fourth-order valence-corrected chi connectivity index (χ4v) is 0. The summed E-state index contributed by atoms with van der Waals surface area (Å²) < 4.78 is 22.5. The van der Waals surface area contributed by atoms with E-state index in [0.717, 1.165) is 18.5 Å². The predicted molar refractivity (Wildman–Crippen MR) is 86.1 cm³/mol. The first-order chi connectivity index (χ1) is 8.74. The smallest absolute Gasteiger partial charge is 0 e. The molecule has 0 heterocycles. The van der Waals surface area contributed by atoms with Crippen molar-refractivity contribution >= 4 is 27.7 Å². The van der Waals surface area contributed by atoms with Gasteiger partial charge in [-0.25, -0.2) is 0 Å². The third-order valence-corrected chi connectivity index (χ3v) is 1.50. The Morgan fingerprint density at radius 1 is 0.632 bits per heavy atom. The summed E-state index contributed by atoms with van der Waals surface area (Å²) in [6.45, 7) is 23.9. The standard InChI is InChI=1S/3C3H7P.3CO.Mo/c3*1-2-3-4;3*1-2;/h3*2H,1,3-4H2;;;;. The van der Waals surface area contributed by atoms with Gasteiger partial charge in [-0.3, -0.25) is 0 Å². The molecule has 3 unspecified atom stereocenters. The molecule has 0 bridgehead atoms. The van der Waals surface area contributed by atoms with Gasteiger partial charge in [-0.1, -0.05) is 18.2 Å². The Labute approximate surface area is 139 Å². The van der Waals surface area contributed by atoms with Gasteiger partial charge in [-0.15, -0.1) is 47.5 Å². The topological polar surface area (TPSA) is 59.7 Å². The van der Waals surface area contributed by atoms with Crippen molar-refractivity contribution in [3.63, 3.8) is 0 Å². The van der Waals surface area contributed by atoms with Crippen LogP contribution in [0.3, 0.4) is 0 Å². The van der Waals surface area contributed by atoms with Crippen molar-refractivity contribution in [1.29, 1.82) is 0 Å². The number of allylic oxidation sites excluding steroid dienone is 3. The summed E-state index contributed by atoms with van der Waals surface area (Å²) in [5.41, 5.74) is 0. The first-order valence-electron chi connectivity index (χ1n) is 4.29. The van der Waals surface area contributed by atoms with Gasteiger partial charge >= 0.3 is 33.9 Å². The Balaban J connectivity index is -0.0000000186. The maximum Gasteiger partial charge on any atom is 0 e. The van der Waals surface area contributed by atoms with Gasteiger partial charge in [-0.2, -0.15) is 0 Å². The Bertz CT molecular complexity index is 159. The van der Waals surface area contributed by atoms with Gasteiger partial charge in [0.25, 0.3) is 0 Å². The van der Waals surface area contributed by atoms with Gasteiger partial charge in [0.2, 0.25) is 0 Å². The molecule has 3 nitrogen and oxygen atoms in total. The van der Waals surface area contributed by atoms with Gasteiger partial charge in [0.15, 0.2) is 0 Å². The Kier molecular flexibility index (Phi) is 305. The maximum atomic E-state index is 7.50. The zero-order chi connectivity index (χ0) is 16.2. The first-order valence-corrected chi connectivity index (χ1v) is 6.74. The molecule has 0 aliphatic rings. The summed E-state index contributed by atoms with van der Waals surface area (Å²) in [7, 11) is 7.61. The molecule has 0 aliphatic carbocycles. The molecule has 0 amide bonds. The zero-order valence-corrected chi connectivity index (χ0v) is 16.3. The largest absolute Gasteiger partial charge is 0 e. The van der Waals surface area contributed by atoms with Crippen molar-refractivity contribution < 1.29 is 35.0 Å². The molecule has 3 atom stereocenters. The van der Waals surface area contributed by atoms with E-state index in [1.807, 2.05) is 18.2 Å². The van der Waals surface area contributed by atoms with Gasteiger partial charge < -0.3 is 0 Å². The first kappa shape index (κ1) is 42.7. The van der Waals surface area contributed by atoms with E-state index in [1.165, 1.54) is 0 Å². The van der Waals surface area contributed by atoms with E-state index in [9.17, 15) is 0 Å². The Morgan fingerprint density at radius 2 is 0.684 bits per heavy atom. The van der Waals surface area contributed by atoms with Gasteiger partial charge in [-0.05, 0) is 18.5 Å². The van der Waals surface area contributed by atoms with E-state index in [2.05, 4.69) is 67.4 Å². The van der Waals surface area contributed by atoms with Crippen LogP contribution in [0.2, 0.25) is 0 Å². The molecule has 0 saturated heterocycles. The Morgan fingerprint density at radius 3 is 0.684 bits per heavy atom. The predicted octanol–water partition coefficient (Wildman–Crippen LogP) is 3.03. The van der Waals surface area contributed by atoms with Crippen molar-refractivity contribution in [2.45, 2.75) is 0 Å². The van der Waals surface area contributed by atoms with E-state index in [0.29, 0.717) is 0 Å². The summed E-state index contributed by atoms with van der Waals surface area (Å²) >= 11 is 0. The van der Waals surface area contributed by atoms with Crippen LogP contribution in [-0.4, -0.2) is 18.5 Å². The molecule has 0 aromatic heterocycles. The van der Waals surface area contributed by atoms with Crippen LogP contribution in [0.1, 0.15) is 0 Å². The molecule has 0 aromatic rings. The van der Waals surface area contributed by atoms with Crippen molar-refractivity contribution in [3.8, 4) is 0 Å². The van der Waals surface area contributed by atoms with Crippen molar-refractivity contribution in [1.82, 2.24) is 0 Å². The second kappa shape index (κ2) is 136. The molecule has 0 aliphatic heterocycles. The number of hydrogen-bond donors (Lipinski definition) is 0. The van der Waals surface area contributed by atoms with E-state index in [4.69, 9.17) is 14.0 Å². The summed E-state index contributed by atoms with van der Waals surface area (Å²) in [5.74, 6) is 0. The van der Waals surface area contributed by atoms with Crippen LogP contribution >= 0.6 is 27.7 Å². The van der Waals surface area contributed by atoms with Gasteiger partial charge in [0.05, 0.1) is 0 Å². The van der Waals surface area contributed by atoms with Crippen LogP contribution in [0.25, 0.3) is 0 Å². The normalized spacial score (nSPS) is 4.26. The summed E-state index contributed by atoms with van der Waals surface area (Å²) in [5, 5.41) is 0. The van der Waals surface area contributed by atoms with Crippen molar-refractivity contribution in [3.05, 3.63) is 57.9 Å². The number of hydrogen-bond acceptors (Lipinski definition) is 0. The molecule has 19 heavy (non-hydrogen) atoms. The zero-order valence-electron chi connectivity index (χ0n) is 10.8. The van der Waals surface area contributed by atoms with Crippen LogP contribution in [0.4, 0.5) is 0 Å². The Hall–Kier alpha value is 0.418. The van der Waals surface area contributed by atoms with Crippen molar-refractivity contribution in [2.24, 2.45) is 0 Å². The summed E-state index contributed by atoms with van der Waals surface area (Å²) in [6, 6.07) is 0. The molecule has 7 heteroatoms. The van der Waals surface area contributed by atoms with Crippen LogP contribution in [-0.2, 0) is 35.0 Å². The molecule has 0 N–H and O–H groups in total. The molecule has 0 radical (unpaired) electrons. The minimum Gasteiger partial charge on any atom is 0 e. The van der Waals surface area contributed by atoms with E-state index < -0.39 is 0 Å². The maximum absolute atomic E-state index is 7.50. The third kappa shape index (κ3) is 425. The molecule has 0 saturated carbocycles. The van der Waals surface area contributed by atoms with Crippen LogP contribution in [0.5, 0.6) is 0 Å². The average molecular weight is 402 g/mol. The number of rotatable bonds is 3. The second-order valence-corrected chi connectivity index (χ2v) is 2.99. The molecular weight excluding hydrogens is 381 g/mol. The van der Waals surface area contributed by atoms with Crippen molar-refractivity contribution in [2.75, 3.05) is 18.5 Å². The molecule has 0 rings (SSSR count). The molecular formula is C12H21MoO3P3. The molecule has 0 fully saturated rings. The molecule has 0 aromatic carbocycles.